The molecule has 0 amide bonds. The van der Waals surface area contributed by atoms with Crippen LogP contribution in [0.2, 0.25) is 5.15 Å². The van der Waals surface area contributed by atoms with Crippen molar-refractivity contribution in [3.05, 3.63) is 23.6 Å². The van der Waals surface area contributed by atoms with Crippen LogP contribution in [0.4, 0.5) is 0 Å². The van der Waals surface area contributed by atoms with Crippen molar-refractivity contribution in [2.45, 2.75) is 31.7 Å². The fourth-order valence-corrected chi connectivity index (χ4v) is 2.90. The zero-order valence-corrected chi connectivity index (χ0v) is 11.0. The molecule has 0 unspecified atom stereocenters. The number of rotatable bonds is 2. The molecule has 96 valence electrons. The average molecular weight is 265 g/mol. The van der Waals surface area contributed by atoms with Gasteiger partial charge in [-0.2, -0.15) is 5.10 Å². The topological polar surface area (TPSA) is 56.7 Å². The van der Waals surface area contributed by atoms with Gasteiger partial charge in [0.15, 0.2) is 0 Å². The van der Waals surface area contributed by atoms with E-state index in [2.05, 4.69) is 21.0 Å². The molecule has 1 fully saturated rings. The summed E-state index contributed by atoms with van der Waals surface area (Å²) in [5.74, 6) is 0.697. The zero-order valence-electron chi connectivity index (χ0n) is 10.2. The van der Waals surface area contributed by atoms with Crippen LogP contribution >= 0.6 is 11.6 Å². The van der Waals surface area contributed by atoms with Gasteiger partial charge in [-0.15, -0.1) is 0 Å². The lowest BCUT2D eigenvalue weighted by Gasteiger charge is -2.27. The van der Waals surface area contributed by atoms with Gasteiger partial charge in [-0.1, -0.05) is 11.6 Å². The van der Waals surface area contributed by atoms with E-state index in [0.29, 0.717) is 17.1 Å². The number of hydrogen-bond acceptors (Lipinski definition) is 3. The maximum Gasteiger partial charge on any atom is 0.131 e. The Balaban J connectivity index is 1.82. The van der Waals surface area contributed by atoms with E-state index >= 15 is 0 Å². The fourth-order valence-electron chi connectivity index (χ4n) is 2.74. The zero-order chi connectivity index (χ0) is 12.5. The van der Waals surface area contributed by atoms with Gasteiger partial charge in [0.05, 0.1) is 11.6 Å². The van der Waals surface area contributed by atoms with Crippen LogP contribution in [0.25, 0.3) is 10.9 Å². The highest BCUT2D eigenvalue weighted by Gasteiger charge is 2.22. The summed E-state index contributed by atoms with van der Waals surface area (Å²) in [6.45, 7) is 0.813. The Hall–Kier alpha value is -1.13. The summed E-state index contributed by atoms with van der Waals surface area (Å²) in [5, 5.41) is 6.16. The summed E-state index contributed by atoms with van der Waals surface area (Å²) >= 11 is 5.88. The number of hydrogen-bond donors (Lipinski definition) is 1. The molecular formula is C13H17ClN4. The van der Waals surface area contributed by atoms with Crippen LogP contribution < -0.4 is 5.73 Å². The van der Waals surface area contributed by atoms with Crippen molar-refractivity contribution in [2.24, 2.45) is 11.7 Å². The van der Waals surface area contributed by atoms with Gasteiger partial charge in [0.1, 0.15) is 5.15 Å². The quantitative estimate of drug-likeness (QED) is 0.849. The van der Waals surface area contributed by atoms with Crippen molar-refractivity contribution in [3.63, 3.8) is 0 Å². The van der Waals surface area contributed by atoms with Crippen molar-refractivity contribution >= 4 is 22.5 Å². The molecule has 1 aliphatic rings. The van der Waals surface area contributed by atoms with Gasteiger partial charge in [0.2, 0.25) is 0 Å². The minimum absolute atomic E-state index is 0.499. The largest absolute Gasteiger partial charge is 0.330 e. The van der Waals surface area contributed by atoms with E-state index in [1.807, 2.05) is 6.07 Å². The third-order valence-electron chi connectivity index (χ3n) is 3.90. The molecule has 2 aromatic rings. The maximum absolute atomic E-state index is 5.88. The molecule has 0 saturated heterocycles. The second-order valence-electron chi connectivity index (χ2n) is 5.09. The lowest BCUT2D eigenvalue weighted by atomic mass is 9.86. The van der Waals surface area contributed by atoms with Crippen LogP contribution in [0, 0.1) is 5.92 Å². The first kappa shape index (κ1) is 11.9. The van der Waals surface area contributed by atoms with Gasteiger partial charge in [-0.3, -0.25) is 4.68 Å². The van der Waals surface area contributed by atoms with Gasteiger partial charge in [0.25, 0.3) is 0 Å². The Kier molecular flexibility index (Phi) is 3.22. The van der Waals surface area contributed by atoms with E-state index < -0.39 is 0 Å². The summed E-state index contributed by atoms with van der Waals surface area (Å²) in [6.07, 6.45) is 8.60. The fraction of sp³-hybridized carbons (Fsp3) is 0.538. The first-order valence-corrected chi connectivity index (χ1v) is 6.84. The van der Waals surface area contributed by atoms with E-state index in [1.54, 1.807) is 6.20 Å². The van der Waals surface area contributed by atoms with Crippen molar-refractivity contribution in [3.8, 4) is 0 Å². The average Bonchev–Trinajstić information content (AvgIpc) is 2.81. The summed E-state index contributed by atoms with van der Waals surface area (Å²) < 4.78 is 2.08. The summed E-state index contributed by atoms with van der Waals surface area (Å²) in [7, 11) is 0. The maximum atomic E-state index is 5.88. The predicted molar refractivity (Wildman–Crippen MR) is 72.6 cm³/mol. The van der Waals surface area contributed by atoms with Crippen molar-refractivity contribution in [1.29, 1.82) is 0 Å². The molecule has 0 aromatic carbocycles. The second kappa shape index (κ2) is 4.86. The summed E-state index contributed by atoms with van der Waals surface area (Å²) in [4.78, 5) is 4.09. The minimum atomic E-state index is 0.499. The molecular weight excluding hydrogens is 248 g/mol. The van der Waals surface area contributed by atoms with Crippen LogP contribution in [-0.2, 0) is 0 Å². The highest BCUT2D eigenvalue weighted by molar-refractivity contribution is 6.29. The third-order valence-corrected chi connectivity index (χ3v) is 4.10. The van der Waals surface area contributed by atoms with Crippen molar-refractivity contribution in [1.82, 2.24) is 14.8 Å². The van der Waals surface area contributed by atoms with Gasteiger partial charge in [-0.25, -0.2) is 4.98 Å². The molecule has 1 aliphatic carbocycles. The van der Waals surface area contributed by atoms with E-state index in [9.17, 15) is 0 Å². The van der Waals surface area contributed by atoms with E-state index in [1.165, 1.54) is 12.8 Å². The molecule has 0 spiro atoms. The SMILES string of the molecule is NC[C@H]1CC[C@H](n2cc3cnc(Cl)cc3n2)CC1. The van der Waals surface area contributed by atoms with Crippen LogP contribution in [0.3, 0.4) is 0 Å². The molecule has 4 nitrogen and oxygen atoms in total. The second-order valence-corrected chi connectivity index (χ2v) is 5.47. The Bertz CT molecular complexity index is 543. The van der Waals surface area contributed by atoms with E-state index in [4.69, 9.17) is 17.3 Å². The first-order valence-electron chi connectivity index (χ1n) is 6.46. The number of nitrogens with two attached hydrogens (primary N) is 1. The van der Waals surface area contributed by atoms with E-state index in [0.717, 1.165) is 30.3 Å². The first-order chi connectivity index (χ1) is 8.76. The number of aromatic nitrogens is 3. The summed E-state index contributed by atoms with van der Waals surface area (Å²) in [6, 6.07) is 2.32. The third kappa shape index (κ3) is 2.22. The monoisotopic (exact) mass is 264 g/mol. The van der Waals surface area contributed by atoms with Crippen LogP contribution in [0.15, 0.2) is 18.5 Å². The molecule has 0 atom stereocenters. The van der Waals surface area contributed by atoms with Crippen LogP contribution in [-0.4, -0.2) is 21.3 Å². The van der Waals surface area contributed by atoms with Crippen molar-refractivity contribution < 1.29 is 0 Å². The standard InChI is InChI=1S/C13H17ClN4/c14-13-5-12-10(7-16-13)8-18(17-12)11-3-1-9(6-15)2-4-11/h5,7-9,11H,1-4,6,15H2/t9-,11-. The van der Waals surface area contributed by atoms with E-state index in [-0.39, 0.29) is 0 Å². The molecule has 2 heterocycles. The van der Waals surface area contributed by atoms with Crippen LogP contribution in [0.5, 0.6) is 0 Å². The molecule has 5 heteroatoms. The Morgan fingerprint density at radius 1 is 1.33 bits per heavy atom. The summed E-state index contributed by atoms with van der Waals surface area (Å²) in [5.41, 5.74) is 6.65. The number of halogens is 1. The molecule has 18 heavy (non-hydrogen) atoms. The normalized spacial score (nSPS) is 24.6. The smallest absolute Gasteiger partial charge is 0.131 e. The highest BCUT2D eigenvalue weighted by atomic mass is 35.5. The molecule has 2 aromatic heterocycles. The molecule has 0 aliphatic heterocycles. The Morgan fingerprint density at radius 2 is 2.11 bits per heavy atom. The molecule has 0 radical (unpaired) electrons. The van der Waals surface area contributed by atoms with Crippen molar-refractivity contribution in [2.75, 3.05) is 6.54 Å². The van der Waals surface area contributed by atoms with Gasteiger partial charge in [0, 0.05) is 23.8 Å². The number of pyridine rings is 1. The van der Waals surface area contributed by atoms with Crippen LogP contribution in [0.1, 0.15) is 31.7 Å². The Morgan fingerprint density at radius 3 is 2.83 bits per heavy atom. The lowest BCUT2D eigenvalue weighted by molar-refractivity contribution is 0.266. The van der Waals surface area contributed by atoms with Gasteiger partial charge in [-0.05, 0) is 38.1 Å². The Labute approximate surface area is 111 Å². The number of nitrogens with zero attached hydrogens (tertiary/aromatic N) is 3. The van der Waals surface area contributed by atoms with Gasteiger partial charge >= 0.3 is 0 Å². The van der Waals surface area contributed by atoms with Gasteiger partial charge < -0.3 is 5.73 Å². The molecule has 3 rings (SSSR count). The number of fused-ring (bicyclic) bond motifs is 1. The lowest BCUT2D eigenvalue weighted by Crippen LogP contribution is -2.23. The molecule has 1 saturated carbocycles. The molecule has 2 N–H and O–H groups in total. The minimum Gasteiger partial charge on any atom is -0.330 e. The predicted octanol–water partition coefficient (Wildman–Crippen LogP) is 2.77. The molecule has 0 bridgehead atoms. The highest BCUT2D eigenvalue weighted by Crippen LogP contribution is 2.32.